The molecule has 1 aliphatic rings. The molecule has 0 fully saturated rings. The van der Waals surface area contributed by atoms with E-state index in [0.29, 0.717) is 17.9 Å². The number of amides is 1. The highest BCUT2D eigenvalue weighted by Gasteiger charge is 2.40. The zero-order valence-corrected chi connectivity index (χ0v) is 18.1. The summed E-state index contributed by atoms with van der Waals surface area (Å²) in [5.41, 5.74) is 3.68. The van der Waals surface area contributed by atoms with Crippen molar-refractivity contribution in [3.05, 3.63) is 107 Å². The summed E-state index contributed by atoms with van der Waals surface area (Å²) >= 11 is 0. The van der Waals surface area contributed by atoms with Gasteiger partial charge in [-0.05, 0) is 36.6 Å². The molecule has 0 saturated carbocycles. The van der Waals surface area contributed by atoms with Crippen LogP contribution in [0.5, 0.6) is 5.75 Å². The van der Waals surface area contributed by atoms with Crippen LogP contribution in [0.15, 0.2) is 85.2 Å². The third-order valence-electron chi connectivity index (χ3n) is 6.10. The third kappa shape index (κ3) is 3.34. The van der Waals surface area contributed by atoms with Gasteiger partial charge in [-0.1, -0.05) is 66.7 Å². The van der Waals surface area contributed by atoms with E-state index >= 15 is 0 Å². The van der Waals surface area contributed by atoms with Crippen LogP contribution in [-0.4, -0.2) is 27.8 Å². The van der Waals surface area contributed by atoms with Gasteiger partial charge in [-0.2, -0.15) is 10.1 Å². The topological polar surface area (TPSA) is 60.2 Å². The number of rotatable bonds is 4. The van der Waals surface area contributed by atoms with Gasteiger partial charge in [0.1, 0.15) is 12.1 Å². The van der Waals surface area contributed by atoms with E-state index in [4.69, 9.17) is 4.74 Å². The van der Waals surface area contributed by atoms with Crippen molar-refractivity contribution in [3.63, 3.8) is 0 Å². The summed E-state index contributed by atoms with van der Waals surface area (Å²) < 4.78 is 7.49. The summed E-state index contributed by atoms with van der Waals surface area (Å²) in [6, 6.07) is 25.4. The normalized spacial score (nSPS) is 17.6. The first-order chi connectivity index (χ1) is 15.7. The number of nitrogens with zero attached hydrogens (tertiary/aromatic N) is 4. The molecule has 0 unspecified atom stereocenters. The van der Waals surface area contributed by atoms with Gasteiger partial charge >= 0.3 is 0 Å². The van der Waals surface area contributed by atoms with Gasteiger partial charge in [0.15, 0.2) is 0 Å². The van der Waals surface area contributed by atoms with E-state index in [1.807, 2.05) is 72.3 Å². The van der Waals surface area contributed by atoms with Gasteiger partial charge in [0.05, 0.1) is 19.2 Å². The molecule has 0 N–H and O–H groups in total. The van der Waals surface area contributed by atoms with Gasteiger partial charge in [-0.3, -0.25) is 9.69 Å². The van der Waals surface area contributed by atoms with E-state index in [1.165, 1.54) is 6.33 Å². The number of benzene rings is 3. The van der Waals surface area contributed by atoms with E-state index in [2.05, 4.69) is 28.3 Å². The summed E-state index contributed by atoms with van der Waals surface area (Å²) in [4.78, 5) is 20.2. The SMILES string of the molecule is COc1ccccc1[C@@H]1C[C@@H](c2ccccc2)N(C(=O)c2ccccc2C)c2ncnn21. The molecular weight excluding hydrogens is 400 g/mol. The van der Waals surface area contributed by atoms with Crippen LogP contribution in [0, 0.1) is 6.92 Å². The summed E-state index contributed by atoms with van der Waals surface area (Å²) in [5.74, 6) is 1.25. The minimum Gasteiger partial charge on any atom is -0.496 e. The number of hydrogen-bond acceptors (Lipinski definition) is 4. The smallest absolute Gasteiger partial charge is 0.261 e. The molecule has 1 amide bonds. The van der Waals surface area contributed by atoms with Crippen molar-refractivity contribution in [2.45, 2.75) is 25.4 Å². The number of anilines is 1. The lowest BCUT2D eigenvalue weighted by molar-refractivity contribution is 0.0962. The maximum atomic E-state index is 13.9. The van der Waals surface area contributed by atoms with Gasteiger partial charge in [-0.25, -0.2) is 4.68 Å². The minimum atomic E-state index is -0.199. The molecule has 32 heavy (non-hydrogen) atoms. The molecule has 6 nitrogen and oxygen atoms in total. The van der Waals surface area contributed by atoms with E-state index in [-0.39, 0.29) is 18.0 Å². The van der Waals surface area contributed by atoms with Crippen LogP contribution in [0.4, 0.5) is 5.95 Å². The van der Waals surface area contributed by atoms with Crippen molar-refractivity contribution >= 4 is 11.9 Å². The Kier molecular flexibility index (Phi) is 5.19. The number of ether oxygens (including phenoxy) is 1. The first-order valence-corrected chi connectivity index (χ1v) is 10.7. The highest BCUT2D eigenvalue weighted by atomic mass is 16.5. The fourth-order valence-electron chi connectivity index (χ4n) is 4.53. The average Bonchev–Trinajstić information content (AvgIpc) is 3.33. The van der Waals surface area contributed by atoms with Crippen molar-refractivity contribution in [1.82, 2.24) is 14.8 Å². The van der Waals surface area contributed by atoms with Gasteiger partial charge in [0, 0.05) is 11.1 Å². The van der Waals surface area contributed by atoms with Crippen LogP contribution in [-0.2, 0) is 0 Å². The van der Waals surface area contributed by atoms with Crippen LogP contribution in [0.3, 0.4) is 0 Å². The van der Waals surface area contributed by atoms with Crippen LogP contribution in [0.1, 0.15) is 45.6 Å². The molecular formula is C26H24N4O2. The van der Waals surface area contributed by atoms with E-state index in [9.17, 15) is 4.79 Å². The molecule has 5 rings (SSSR count). The first-order valence-electron chi connectivity index (χ1n) is 10.7. The molecule has 1 aliphatic heterocycles. The summed E-state index contributed by atoms with van der Waals surface area (Å²) in [6.07, 6.45) is 2.17. The first kappa shape index (κ1) is 20.0. The Bertz CT molecular complexity index is 1250. The van der Waals surface area contributed by atoms with Crippen molar-refractivity contribution in [2.75, 3.05) is 12.0 Å². The molecule has 0 bridgehead atoms. The van der Waals surface area contributed by atoms with Crippen molar-refractivity contribution in [2.24, 2.45) is 0 Å². The Labute approximate surface area is 187 Å². The van der Waals surface area contributed by atoms with E-state index < -0.39 is 0 Å². The molecule has 0 radical (unpaired) electrons. The number of aromatic nitrogens is 3. The second-order valence-corrected chi connectivity index (χ2v) is 7.91. The second-order valence-electron chi connectivity index (χ2n) is 7.91. The molecule has 0 saturated heterocycles. The Balaban J connectivity index is 1.68. The highest BCUT2D eigenvalue weighted by molar-refractivity contribution is 6.06. The molecule has 0 aliphatic carbocycles. The summed E-state index contributed by atoms with van der Waals surface area (Å²) in [5, 5.41) is 4.52. The average molecular weight is 425 g/mol. The molecule has 3 aromatic carbocycles. The van der Waals surface area contributed by atoms with Crippen molar-refractivity contribution in [3.8, 4) is 5.75 Å². The zero-order valence-electron chi connectivity index (χ0n) is 18.1. The lowest BCUT2D eigenvalue weighted by Crippen LogP contribution is -2.43. The molecule has 1 aromatic heterocycles. The van der Waals surface area contributed by atoms with Crippen LogP contribution in [0.25, 0.3) is 0 Å². The third-order valence-corrected chi connectivity index (χ3v) is 6.10. The minimum absolute atomic E-state index is 0.0790. The predicted octanol–water partition coefficient (Wildman–Crippen LogP) is 4.98. The van der Waals surface area contributed by atoms with Gasteiger partial charge in [0.25, 0.3) is 5.91 Å². The lowest BCUT2D eigenvalue weighted by Gasteiger charge is -2.39. The standard InChI is InChI=1S/C26H24N4O2/c1-18-10-6-7-13-20(18)25(31)29-22(19-11-4-3-5-12-19)16-23(30-26(29)27-17-28-30)21-14-8-9-15-24(21)32-2/h3-15,17,22-23H,16H2,1-2H3/t22-,23-/m0/s1. The number of para-hydroxylation sites is 1. The number of fused-ring (bicyclic) bond motifs is 1. The molecule has 2 atom stereocenters. The van der Waals surface area contributed by atoms with Crippen LogP contribution >= 0.6 is 0 Å². The van der Waals surface area contributed by atoms with Gasteiger partial charge < -0.3 is 4.74 Å². The fraction of sp³-hybridized carbons (Fsp3) is 0.192. The lowest BCUT2D eigenvalue weighted by atomic mass is 9.91. The zero-order chi connectivity index (χ0) is 22.1. The van der Waals surface area contributed by atoms with Gasteiger partial charge in [0.2, 0.25) is 5.95 Å². The molecule has 6 heteroatoms. The number of hydrogen-bond donors (Lipinski definition) is 0. The van der Waals surface area contributed by atoms with Crippen LogP contribution in [0.2, 0.25) is 0 Å². The van der Waals surface area contributed by atoms with Gasteiger partial charge in [-0.15, -0.1) is 0 Å². The van der Waals surface area contributed by atoms with E-state index in [1.54, 1.807) is 12.0 Å². The molecule has 0 spiro atoms. The second kappa shape index (κ2) is 8.30. The molecule has 160 valence electrons. The Morgan fingerprint density at radius 1 is 0.938 bits per heavy atom. The fourth-order valence-corrected chi connectivity index (χ4v) is 4.53. The largest absolute Gasteiger partial charge is 0.496 e. The summed E-state index contributed by atoms with van der Waals surface area (Å²) in [6.45, 7) is 1.96. The predicted molar refractivity (Wildman–Crippen MR) is 123 cm³/mol. The Hall–Kier alpha value is -3.93. The van der Waals surface area contributed by atoms with Crippen molar-refractivity contribution < 1.29 is 9.53 Å². The van der Waals surface area contributed by atoms with Crippen LogP contribution < -0.4 is 9.64 Å². The van der Waals surface area contributed by atoms with E-state index in [0.717, 1.165) is 22.4 Å². The quantitative estimate of drug-likeness (QED) is 0.464. The van der Waals surface area contributed by atoms with Crippen molar-refractivity contribution in [1.29, 1.82) is 0 Å². The maximum Gasteiger partial charge on any atom is 0.261 e. The number of methoxy groups -OCH3 is 1. The number of carbonyl (C=O) groups excluding carboxylic acids is 1. The molecule has 2 heterocycles. The summed E-state index contributed by atoms with van der Waals surface area (Å²) in [7, 11) is 1.67. The number of aryl methyl sites for hydroxylation is 1. The monoisotopic (exact) mass is 424 g/mol. The highest BCUT2D eigenvalue weighted by Crippen LogP contribution is 2.44. The molecule has 4 aromatic rings. The number of carbonyl (C=O) groups is 1. The maximum absolute atomic E-state index is 13.9. The Morgan fingerprint density at radius 3 is 2.44 bits per heavy atom. The Morgan fingerprint density at radius 2 is 1.66 bits per heavy atom.